The molecule has 1 nitrogen and oxygen atoms in total. The highest BCUT2D eigenvalue weighted by Gasteiger charge is 2.02. The fraction of sp³-hybridized carbons (Fsp3) is 0.500. The monoisotopic (exact) mass is 304 g/mol. The van der Waals surface area contributed by atoms with Gasteiger partial charge in [-0.1, -0.05) is 72.7 Å². The van der Waals surface area contributed by atoms with E-state index in [1.165, 1.54) is 18.4 Å². The van der Waals surface area contributed by atoms with E-state index in [4.69, 9.17) is 4.74 Å². The van der Waals surface area contributed by atoms with E-state index >= 15 is 0 Å². The van der Waals surface area contributed by atoms with Gasteiger partial charge in [0.2, 0.25) is 0 Å². The van der Waals surface area contributed by atoms with Gasteiger partial charge >= 0.3 is 0 Å². The Hall–Kier alpha value is -0.0900. The lowest BCUT2D eigenvalue weighted by Crippen LogP contribution is -2.03. The molecule has 0 aromatic heterocycles. The number of unbranched alkanes of at least 4 members (excludes halogenated alkanes) is 1. The van der Waals surface area contributed by atoms with E-state index in [9.17, 15) is 0 Å². The van der Waals surface area contributed by atoms with Crippen molar-refractivity contribution in [1.82, 2.24) is 0 Å². The summed E-state index contributed by atoms with van der Waals surface area (Å²) in [5.74, 6) is 0. The molecule has 0 aliphatic carbocycles. The summed E-state index contributed by atoms with van der Waals surface area (Å²) in [6, 6.07) is 10.3. The van der Waals surface area contributed by atoms with Crippen molar-refractivity contribution in [3.05, 3.63) is 35.9 Å². The van der Waals surface area contributed by atoms with Crippen molar-refractivity contribution in [3.63, 3.8) is 0 Å². The number of ether oxygens (including phenoxy) is 1. The molecule has 0 radical (unpaired) electrons. The molecule has 1 rings (SSSR count). The van der Waals surface area contributed by atoms with Crippen molar-refractivity contribution in [2.45, 2.75) is 36.9 Å². The molecule has 0 saturated carbocycles. The van der Waals surface area contributed by atoms with Crippen LogP contribution in [0.2, 0.25) is 0 Å². The first-order valence-electron chi connectivity index (χ1n) is 5.12. The summed E-state index contributed by atoms with van der Waals surface area (Å²) in [5, 5.41) is 0. The summed E-state index contributed by atoms with van der Waals surface area (Å²) in [4.78, 5) is 0. The molecule has 0 spiro atoms. The van der Waals surface area contributed by atoms with Crippen molar-refractivity contribution in [2.24, 2.45) is 0 Å². The van der Waals surface area contributed by atoms with Gasteiger partial charge < -0.3 is 4.74 Å². The molecular formula is C12H17IO. The first-order chi connectivity index (χ1) is 6.83. The van der Waals surface area contributed by atoms with Gasteiger partial charge in [0, 0.05) is 0 Å². The lowest BCUT2D eigenvalue weighted by atomic mass is 10.2. The van der Waals surface area contributed by atoms with Crippen LogP contribution in [0.15, 0.2) is 30.3 Å². The molecular weight excluding hydrogens is 287 g/mol. The van der Waals surface area contributed by atoms with Gasteiger partial charge in [-0.05, 0) is 12.0 Å². The number of hydrogen-bond acceptors (Lipinski definition) is 1. The predicted octanol–water partition coefficient (Wildman–Crippen LogP) is 4.15. The van der Waals surface area contributed by atoms with E-state index in [-0.39, 0.29) is 0 Å². The largest absolute Gasteiger partial charge is 0.363 e. The number of rotatable bonds is 6. The molecule has 0 aliphatic heterocycles. The first-order valence-corrected chi connectivity index (χ1v) is 6.37. The summed E-state index contributed by atoms with van der Waals surface area (Å²) in [6.07, 6.45) is 3.65. The molecule has 0 saturated heterocycles. The second-order valence-corrected chi connectivity index (χ2v) is 4.74. The molecule has 1 atom stereocenters. The highest BCUT2D eigenvalue weighted by Crippen LogP contribution is 2.14. The lowest BCUT2D eigenvalue weighted by Gasteiger charge is -2.10. The molecule has 0 amide bonds. The summed E-state index contributed by atoms with van der Waals surface area (Å²) in [7, 11) is 0. The van der Waals surface area contributed by atoms with E-state index in [0.29, 0.717) is 4.11 Å². The molecule has 0 N–H and O–H groups in total. The molecule has 0 bridgehead atoms. The standard InChI is InChI=1S/C12H17IO/c1-2-3-9-12(13)14-10-11-7-5-4-6-8-11/h4-8,12H,2-3,9-10H2,1H3. The van der Waals surface area contributed by atoms with E-state index in [1.54, 1.807) is 0 Å². The number of halogens is 1. The smallest absolute Gasteiger partial charge is 0.109 e. The predicted molar refractivity (Wildman–Crippen MR) is 68.6 cm³/mol. The van der Waals surface area contributed by atoms with Crippen molar-refractivity contribution in [2.75, 3.05) is 0 Å². The summed E-state index contributed by atoms with van der Waals surface area (Å²) < 4.78 is 6.07. The van der Waals surface area contributed by atoms with Crippen LogP contribution in [0.1, 0.15) is 31.7 Å². The van der Waals surface area contributed by atoms with Crippen LogP contribution in [-0.2, 0) is 11.3 Å². The molecule has 0 heterocycles. The maximum atomic E-state index is 5.72. The zero-order valence-electron chi connectivity index (χ0n) is 8.58. The average molecular weight is 304 g/mol. The zero-order valence-corrected chi connectivity index (χ0v) is 10.7. The van der Waals surface area contributed by atoms with E-state index in [2.05, 4.69) is 41.6 Å². The van der Waals surface area contributed by atoms with Crippen molar-refractivity contribution in [1.29, 1.82) is 0 Å². The minimum Gasteiger partial charge on any atom is -0.363 e. The Bertz CT molecular complexity index is 235. The van der Waals surface area contributed by atoms with Gasteiger partial charge in [-0.2, -0.15) is 0 Å². The number of benzene rings is 1. The maximum Gasteiger partial charge on any atom is 0.109 e. The molecule has 14 heavy (non-hydrogen) atoms. The minimum absolute atomic E-state index is 0.354. The van der Waals surface area contributed by atoms with Crippen LogP contribution in [-0.4, -0.2) is 4.11 Å². The summed E-state index contributed by atoms with van der Waals surface area (Å²) in [6.45, 7) is 2.94. The maximum absolute atomic E-state index is 5.72. The first kappa shape index (κ1) is 12.0. The quantitative estimate of drug-likeness (QED) is 0.566. The van der Waals surface area contributed by atoms with Gasteiger partial charge in [-0.15, -0.1) is 0 Å². The Balaban J connectivity index is 2.20. The van der Waals surface area contributed by atoms with E-state index in [1.807, 2.05) is 18.2 Å². The third kappa shape index (κ3) is 4.96. The molecule has 2 heteroatoms. The molecule has 0 fully saturated rings. The van der Waals surface area contributed by atoms with Crippen LogP contribution in [0.25, 0.3) is 0 Å². The third-order valence-corrected chi connectivity index (χ3v) is 3.04. The molecule has 1 aromatic rings. The minimum atomic E-state index is 0.354. The van der Waals surface area contributed by atoms with Crippen molar-refractivity contribution < 1.29 is 4.74 Å². The van der Waals surface area contributed by atoms with Crippen LogP contribution in [0.3, 0.4) is 0 Å². The highest BCUT2D eigenvalue weighted by molar-refractivity contribution is 14.1. The fourth-order valence-electron chi connectivity index (χ4n) is 1.21. The Labute approximate surface area is 100.0 Å². The molecule has 1 aromatic carbocycles. The Morgan fingerprint density at radius 1 is 1.29 bits per heavy atom. The Morgan fingerprint density at radius 2 is 2.00 bits per heavy atom. The fourth-order valence-corrected chi connectivity index (χ4v) is 1.83. The third-order valence-electron chi connectivity index (χ3n) is 2.06. The second kappa shape index (κ2) is 7.23. The molecule has 78 valence electrons. The summed E-state index contributed by atoms with van der Waals surface area (Å²) in [5.41, 5.74) is 1.26. The van der Waals surface area contributed by atoms with Crippen molar-refractivity contribution in [3.8, 4) is 0 Å². The van der Waals surface area contributed by atoms with Gasteiger partial charge in [-0.3, -0.25) is 0 Å². The van der Waals surface area contributed by atoms with Crippen LogP contribution in [0, 0.1) is 0 Å². The van der Waals surface area contributed by atoms with Crippen LogP contribution < -0.4 is 0 Å². The SMILES string of the molecule is CCCCC(I)OCc1ccccc1. The number of alkyl halides is 1. The van der Waals surface area contributed by atoms with Gasteiger partial charge in [0.05, 0.1) is 6.61 Å². The van der Waals surface area contributed by atoms with Crippen molar-refractivity contribution >= 4 is 22.6 Å². The summed E-state index contributed by atoms with van der Waals surface area (Å²) >= 11 is 2.37. The van der Waals surface area contributed by atoms with Gasteiger partial charge in [0.15, 0.2) is 0 Å². The van der Waals surface area contributed by atoms with Gasteiger partial charge in [-0.25, -0.2) is 0 Å². The topological polar surface area (TPSA) is 9.23 Å². The average Bonchev–Trinajstić information content (AvgIpc) is 2.25. The lowest BCUT2D eigenvalue weighted by molar-refractivity contribution is 0.103. The van der Waals surface area contributed by atoms with E-state index < -0.39 is 0 Å². The highest BCUT2D eigenvalue weighted by atomic mass is 127. The van der Waals surface area contributed by atoms with Crippen LogP contribution in [0.4, 0.5) is 0 Å². The van der Waals surface area contributed by atoms with Gasteiger partial charge in [0.25, 0.3) is 0 Å². The Kier molecular flexibility index (Phi) is 6.19. The molecule has 1 unspecified atom stereocenters. The zero-order chi connectivity index (χ0) is 10.2. The van der Waals surface area contributed by atoms with Crippen LogP contribution >= 0.6 is 22.6 Å². The normalized spacial score (nSPS) is 12.7. The molecule has 0 aliphatic rings. The van der Waals surface area contributed by atoms with Crippen LogP contribution in [0.5, 0.6) is 0 Å². The second-order valence-electron chi connectivity index (χ2n) is 3.35. The van der Waals surface area contributed by atoms with Gasteiger partial charge in [0.1, 0.15) is 4.11 Å². The van der Waals surface area contributed by atoms with E-state index in [0.717, 1.165) is 13.0 Å². The number of hydrogen-bond donors (Lipinski definition) is 0. The Morgan fingerprint density at radius 3 is 2.64 bits per heavy atom.